The highest BCUT2D eigenvalue weighted by atomic mass is 16.5. The minimum absolute atomic E-state index is 0.361. The molecule has 0 amide bonds. The lowest BCUT2D eigenvalue weighted by molar-refractivity contribution is -0.137. The second-order valence-corrected chi connectivity index (χ2v) is 6.23. The molecule has 0 bridgehead atoms. The van der Waals surface area contributed by atoms with E-state index in [1.165, 1.54) is 6.08 Å². The fourth-order valence-corrected chi connectivity index (χ4v) is 2.74. The van der Waals surface area contributed by atoms with Crippen LogP contribution < -0.4 is 14.2 Å². The quantitative estimate of drug-likeness (QED) is 0.291. The van der Waals surface area contributed by atoms with Crippen molar-refractivity contribution in [2.75, 3.05) is 27.4 Å². The Morgan fingerprint density at radius 1 is 0.857 bits per heavy atom. The summed E-state index contributed by atoms with van der Waals surface area (Å²) in [6.45, 7) is 4.48. The summed E-state index contributed by atoms with van der Waals surface area (Å²) in [5.41, 5.74) is 2.14. The first-order valence-electron chi connectivity index (χ1n) is 9.42. The molecule has 0 fully saturated rings. The average molecular weight is 384 g/mol. The summed E-state index contributed by atoms with van der Waals surface area (Å²) < 4.78 is 21.4. The van der Waals surface area contributed by atoms with Gasteiger partial charge in [0.05, 0.1) is 27.4 Å². The molecule has 5 nitrogen and oxygen atoms in total. The second kappa shape index (κ2) is 11.7. The average Bonchev–Trinajstić information content (AvgIpc) is 2.75. The molecule has 0 radical (unpaired) electrons. The van der Waals surface area contributed by atoms with E-state index in [0.29, 0.717) is 24.7 Å². The minimum atomic E-state index is -0.361. The number of esters is 1. The van der Waals surface area contributed by atoms with E-state index in [4.69, 9.17) is 18.9 Å². The van der Waals surface area contributed by atoms with Crippen molar-refractivity contribution in [2.24, 2.45) is 0 Å². The Hall–Kier alpha value is -2.95. The number of unbranched alkanes of at least 4 members (excludes halogenated alkanes) is 3. The SMILES string of the molecule is C=CC(=O)OCCCCCCOc1ccc(-c2ccc(OC)c(OC)c2)cc1. The third kappa shape index (κ3) is 6.65. The zero-order chi connectivity index (χ0) is 20.2. The van der Waals surface area contributed by atoms with E-state index in [9.17, 15) is 4.79 Å². The van der Waals surface area contributed by atoms with Crippen LogP contribution in [-0.2, 0) is 9.53 Å². The summed E-state index contributed by atoms with van der Waals surface area (Å²) >= 11 is 0. The standard InChI is InChI=1S/C23H28O5/c1-4-23(24)28-16-8-6-5-7-15-27-20-12-9-18(10-13-20)19-11-14-21(25-2)22(17-19)26-3/h4,9-14,17H,1,5-8,15-16H2,2-3H3. The summed E-state index contributed by atoms with van der Waals surface area (Å²) in [5, 5.41) is 0. The lowest BCUT2D eigenvalue weighted by atomic mass is 10.1. The van der Waals surface area contributed by atoms with Crippen molar-refractivity contribution in [3.8, 4) is 28.4 Å². The lowest BCUT2D eigenvalue weighted by Gasteiger charge is -2.11. The Morgan fingerprint density at radius 2 is 1.50 bits per heavy atom. The van der Waals surface area contributed by atoms with Gasteiger partial charge in [-0.2, -0.15) is 0 Å². The highest BCUT2D eigenvalue weighted by Crippen LogP contribution is 2.32. The Labute approximate surface area is 166 Å². The molecule has 28 heavy (non-hydrogen) atoms. The molecule has 0 aliphatic rings. The van der Waals surface area contributed by atoms with Gasteiger partial charge in [0.2, 0.25) is 0 Å². The van der Waals surface area contributed by atoms with Crippen molar-refractivity contribution in [1.82, 2.24) is 0 Å². The van der Waals surface area contributed by atoms with Crippen molar-refractivity contribution in [2.45, 2.75) is 25.7 Å². The molecule has 0 heterocycles. The van der Waals surface area contributed by atoms with Crippen LogP contribution in [0.1, 0.15) is 25.7 Å². The van der Waals surface area contributed by atoms with Crippen LogP contribution in [0.3, 0.4) is 0 Å². The van der Waals surface area contributed by atoms with Crippen LogP contribution in [-0.4, -0.2) is 33.4 Å². The van der Waals surface area contributed by atoms with E-state index in [0.717, 1.165) is 42.6 Å². The maximum atomic E-state index is 10.9. The smallest absolute Gasteiger partial charge is 0.330 e. The number of hydrogen-bond acceptors (Lipinski definition) is 5. The minimum Gasteiger partial charge on any atom is -0.494 e. The molecule has 0 unspecified atom stereocenters. The van der Waals surface area contributed by atoms with E-state index in [2.05, 4.69) is 6.58 Å². The maximum Gasteiger partial charge on any atom is 0.330 e. The zero-order valence-electron chi connectivity index (χ0n) is 16.6. The van der Waals surface area contributed by atoms with E-state index >= 15 is 0 Å². The summed E-state index contributed by atoms with van der Waals surface area (Å²) in [6, 6.07) is 13.9. The van der Waals surface area contributed by atoms with Crippen LogP contribution in [0.25, 0.3) is 11.1 Å². The third-order valence-electron chi connectivity index (χ3n) is 4.29. The molecule has 2 rings (SSSR count). The van der Waals surface area contributed by atoms with Crippen molar-refractivity contribution in [3.05, 3.63) is 55.1 Å². The number of carbonyl (C=O) groups is 1. The molecule has 150 valence electrons. The topological polar surface area (TPSA) is 54.0 Å². The van der Waals surface area contributed by atoms with Gasteiger partial charge in [-0.1, -0.05) is 24.8 Å². The number of methoxy groups -OCH3 is 2. The number of ether oxygens (including phenoxy) is 4. The van der Waals surface area contributed by atoms with Crippen LogP contribution >= 0.6 is 0 Å². The summed E-state index contributed by atoms with van der Waals surface area (Å²) in [4.78, 5) is 10.9. The Morgan fingerprint density at radius 3 is 2.14 bits per heavy atom. The Balaban J connectivity index is 1.73. The number of benzene rings is 2. The van der Waals surface area contributed by atoms with Gasteiger partial charge < -0.3 is 18.9 Å². The van der Waals surface area contributed by atoms with Crippen LogP contribution in [0, 0.1) is 0 Å². The van der Waals surface area contributed by atoms with Crippen molar-refractivity contribution in [1.29, 1.82) is 0 Å². The van der Waals surface area contributed by atoms with Gasteiger partial charge in [0.25, 0.3) is 0 Å². The number of hydrogen-bond donors (Lipinski definition) is 0. The second-order valence-electron chi connectivity index (χ2n) is 6.23. The fraction of sp³-hybridized carbons (Fsp3) is 0.348. The van der Waals surface area contributed by atoms with Crippen LogP contribution in [0.4, 0.5) is 0 Å². The van der Waals surface area contributed by atoms with Crippen molar-refractivity contribution < 1.29 is 23.7 Å². The van der Waals surface area contributed by atoms with Gasteiger partial charge >= 0.3 is 5.97 Å². The van der Waals surface area contributed by atoms with Gasteiger partial charge in [-0.15, -0.1) is 0 Å². The predicted molar refractivity (Wildman–Crippen MR) is 110 cm³/mol. The molecule has 0 saturated heterocycles. The van der Waals surface area contributed by atoms with Crippen LogP contribution in [0.5, 0.6) is 17.2 Å². The first-order chi connectivity index (χ1) is 13.7. The molecule has 0 atom stereocenters. The number of carbonyl (C=O) groups excluding carboxylic acids is 1. The lowest BCUT2D eigenvalue weighted by Crippen LogP contribution is -2.02. The van der Waals surface area contributed by atoms with Gasteiger partial charge in [0.15, 0.2) is 11.5 Å². The van der Waals surface area contributed by atoms with Gasteiger partial charge in [-0.25, -0.2) is 4.79 Å². The van der Waals surface area contributed by atoms with Crippen molar-refractivity contribution in [3.63, 3.8) is 0 Å². The molecule has 0 N–H and O–H groups in total. The molecule has 0 aliphatic heterocycles. The Bertz CT molecular complexity index is 752. The van der Waals surface area contributed by atoms with Crippen LogP contribution in [0.15, 0.2) is 55.1 Å². The molecule has 2 aromatic rings. The predicted octanol–water partition coefficient (Wildman–Crippen LogP) is 5.04. The monoisotopic (exact) mass is 384 g/mol. The zero-order valence-corrected chi connectivity index (χ0v) is 16.6. The van der Waals surface area contributed by atoms with Gasteiger partial charge in [-0.3, -0.25) is 0 Å². The number of rotatable bonds is 12. The summed E-state index contributed by atoms with van der Waals surface area (Å²) in [7, 11) is 3.26. The van der Waals surface area contributed by atoms with Crippen LogP contribution in [0.2, 0.25) is 0 Å². The van der Waals surface area contributed by atoms with Gasteiger partial charge in [-0.05, 0) is 61.1 Å². The van der Waals surface area contributed by atoms with E-state index in [1.54, 1.807) is 14.2 Å². The molecule has 0 aromatic heterocycles. The van der Waals surface area contributed by atoms with Gasteiger partial charge in [0, 0.05) is 6.08 Å². The highest BCUT2D eigenvalue weighted by Gasteiger charge is 2.06. The molecule has 0 spiro atoms. The third-order valence-corrected chi connectivity index (χ3v) is 4.29. The van der Waals surface area contributed by atoms with Crippen molar-refractivity contribution >= 4 is 5.97 Å². The molecular weight excluding hydrogens is 356 g/mol. The van der Waals surface area contributed by atoms with E-state index in [-0.39, 0.29) is 5.97 Å². The Kier molecular flexibility index (Phi) is 8.92. The largest absolute Gasteiger partial charge is 0.494 e. The maximum absolute atomic E-state index is 10.9. The molecular formula is C23H28O5. The first-order valence-corrected chi connectivity index (χ1v) is 9.42. The van der Waals surface area contributed by atoms with E-state index < -0.39 is 0 Å². The fourth-order valence-electron chi connectivity index (χ4n) is 2.74. The summed E-state index contributed by atoms with van der Waals surface area (Å²) in [5.74, 6) is 1.91. The molecule has 2 aromatic carbocycles. The normalized spacial score (nSPS) is 10.2. The van der Waals surface area contributed by atoms with Gasteiger partial charge in [0.1, 0.15) is 5.75 Å². The highest BCUT2D eigenvalue weighted by molar-refractivity contribution is 5.81. The molecule has 5 heteroatoms. The molecule has 0 aliphatic carbocycles. The first kappa shape index (κ1) is 21.4. The molecule has 0 saturated carbocycles. The van der Waals surface area contributed by atoms with E-state index in [1.807, 2.05) is 42.5 Å². The summed E-state index contributed by atoms with van der Waals surface area (Å²) in [6.07, 6.45) is 5.05.